The van der Waals surface area contributed by atoms with Gasteiger partial charge in [0.05, 0.1) is 6.61 Å². The summed E-state index contributed by atoms with van der Waals surface area (Å²) in [5.74, 6) is 4.93. The van der Waals surface area contributed by atoms with Crippen molar-refractivity contribution in [2.45, 2.75) is 19.5 Å². The van der Waals surface area contributed by atoms with Crippen molar-refractivity contribution in [2.24, 2.45) is 5.84 Å². The van der Waals surface area contributed by atoms with Crippen LogP contribution in [-0.4, -0.2) is 37.6 Å². The van der Waals surface area contributed by atoms with Crippen LogP contribution in [0.15, 0.2) is 24.3 Å². The van der Waals surface area contributed by atoms with Crippen molar-refractivity contribution in [1.82, 2.24) is 10.3 Å². The predicted molar refractivity (Wildman–Crippen MR) is 70.6 cm³/mol. The monoisotopic (exact) mass is 251 g/mol. The molecule has 0 bridgehead atoms. The van der Waals surface area contributed by atoms with Gasteiger partial charge in [0.1, 0.15) is 6.04 Å². The van der Waals surface area contributed by atoms with E-state index in [9.17, 15) is 4.79 Å². The molecular weight excluding hydrogens is 230 g/mol. The maximum Gasteiger partial charge on any atom is 0.253 e. The van der Waals surface area contributed by atoms with Crippen molar-refractivity contribution >= 4 is 5.91 Å². The average molecular weight is 251 g/mol. The molecule has 5 heteroatoms. The molecule has 0 saturated heterocycles. The van der Waals surface area contributed by atoms with Crippen molar-refractivity contribution in [3.8, 4) is 0 Å². The van der Waals surface area contributed by atoms with Gasteiger partial charge in [-0.1, -0.05) is 29.8 Å². The highest BCUT2D eigenvalue weighted by atomic mass is 16.5. The fourth-order valence-corrected chi connectivity index (χ4v) is 1.75. The van der Waals surface area contributed by atoms with Crippen molar-refractivity contribution in [1.29, 1.82) is 0 Å². The molecule has 0 aliphatic heterocycles. The molecule has 0 saturated carbocycles. The molecule has 1 atom stereocenters. The topological polar surface area (TPSA) is 67.6 Å². The van der Waals surface area contributed by atoms with E-state index in [1.807, 2.05) is 18.9 Å². The maximum atomic E-state index is 11.6. The number of carbonyl (C=O) groups is 1. The number of methoxy groups -OCH3 is 1. The summed E-state index contributed by atoms with van der Waals surface area (Å²) in [4.78, 5) is 13.5. The Bertz CT molecular complexity index is 378. The number of hydrazine groups is 1. The number of aryl methyl sites for hydroxylation is 1. The number of benzene rings is 1. The minimum absolute atomic E-state index is 0.244. The van der Waals surface area contributed by atoms with Crippen LogP contribution in [-0.2, 0) is 16.1 Å². The summed E-state index contributed by atoms with van der Waals surface area (Å²) in [7, 11) is 3.44. The summed E-state index contributed by atoms with van der Waals surface area (Å²) in [6.07, 6.45) is 0. The Labute approximate surface area is 108 Å². The van der Waals surface area contributed by atoms with E-state index in [-0.39, 0.29) is 11.9 Å². The van der Waals surface area contributed by atoms with Gasteiger partial charge in [0.2, 0.25) is 0 Å². The number of hydrogen-bond acceptors (Lipinski definition) is 4. The number of nitrogens with one attached hydrogen (secondary N) is 1. The molecule has 0 aromatic heterocycles. The molecule has 3 N–H and O–H groups in total. The first-order chi connectivity index (χ1) is 8.58. The van der Waals surface area contributed by atoms with Crippen LogP contribution >= 0.6 is 0 Å². The van der Waals surface area contributed by atoms with Crippen molar-refractivity contribution in [3.63, 3.8) is 0 Å². The van der Waals surface area contributed by atoms with Crippen LogP contribution in [0.4, 0.5) is 0 Å². The molecule has 0 fully saturated rings. The van der Waals surface area contributed by atoms with Crippen LogP contribution in [0.25, 0.3) is 0 Å². The highest BCUT2D eigenvalue weighted by molar-refractivity contribution is 5.81. The quantitative estimate of drug-likeness (QED) is 0.437. The molecule has 5 nitrogen and oxygen atoms in total. The van der Waals surface area contributed by atoms with E-state index in [2.05, 4.69) is 29.7 Å². The summed E-state index contributed by atoms with van der Waals surface area (Å²) in [6, 6.07) is 7.82. The van der Waals surface area contributed by atoms with Gasteiger partial charge in [-0.25, -0.2) is 5.84 Å². The van der Waals surface area contributed by atoms with Gasteiger partial charge in [0, 0.05) is 13.7 Å². The summed E-state index contributed by atoms with van der Waals surface area (Å²) < 4.78 is 5.05. The molecule has 0 aliphatic rings. The Balaban J connectivity index is 2.68. The second kappa shape index (κ2) is 7.10. The Kier molecular flexibility index (Phi) is 5.77. The van der Waals surface area contributed by atoms with Gasteiger partial charge in [0.25, 0.3) is 5.91 Å². The number of nitrogens with two attached hydrogens (primary N) is 1. The number of rotatable bonds is 6. The zero-order valence-corrected chi connectivity index (χ0v) is 11.1. The van der Waals surface area contributed by atoms with E-state index in [4.69, 9.17) is 10.6 Å². The van der Waals surface area contributed by atoms with Gasteiger partial charge in [0.15, 0.2) is 0 Å². The van der Waals surface area contributed by atoms with Crippen molar-refractivity contribution in [3.05, 3.63) is 35.4 Å². The lowest BCUT2D eigenvalue weighted by molar-refractivity contribution is -0.128. The molecule has 18 heavy (non-hydrogen) atoms. The molecule has 0 heterocycles. The van der Waals surface area contributed by atoms with Crippen LogP contribution < -0.4 is 11.3 Å². The van der Waals surface area contributed by atoms with E-state index in [0.717, 1.165) is 5.56 Å². The lowest BCUT2D eigenvalue weighted by Gasteiger charge is -2.25. The largest absolute Gasteiger partial charge is 0.383 e. The van der Waals surface area contributed by atoms with Crippen molar-refractivity contribution in [2.75, 3.05) is 20.8 Å². The Morgan fingerprint density at radius 1 is 1.44 bits per heavy atom. The molecule has 100 valence electrons. The van der Waals surface area contributed by atoms with Crippen LogP contribution in [0.5, 0.6) is 0 Å². The second-order valence-corrected chi connectivity index (χ2v) is 4.38. The summed E-state index contributed by atoms with van der Waals surface area (Å²) >= 11 is 0. The van der Waals surface area contributed by atoms with E-state index < -0.39 is 0 Å². The Morgan fingerprint density at radius 3 is 2.56 bits per heavy atom. The fraction of sp³-hybridized carbons (Fsp3) is 0.462. The van der Waals surface area contributed by atoms with Gasteiger partial charge in [-0.3, -0.25) is 15.1 Å². The predicted octanol–water partition coefficient (Wildman–Crippen LogP) is 0.432. The number of carbonyl (C=O) groups excluding carboxylic acids is 1. The van der Waals surface area contributed by atoms with Crippen LogP contribution in [0.1, 0.15) is 11.1 Å². The van der Waals surface area contributed by atoms with Crippen LogP contribution in [0.3, 0.4) is 0 Å². The molecule has 0 spiro atoms. The molecule has 0 radical (unpaired) electrons. The molecule has 1 rings (SSSR count). The van der Waals surface area contributed by atoms with Gasteiger partial charge in [-0.15, -0.1) is 0 Å². The molecular formula is C13H21N3O2. The second-order valence-electron chi connectivity index (χ2n) is 4.38. The summed E-state index contributed by atoms with van der Waals surface area (Å²) in [5, 5.41) is 0. The van der Waals surface area contributed by atoms with E-state index in [1.165, 1.54) is 5.56 Å². The van der Waals surface area contributed by atoms with E-state index in [0.29, 0.717) is 13.2 Å². The maximum absolute atomic E-state index is 11.6. The molecule has 1 unspecified atom stereocenters. The number of nitrogens with zero attached hydrogens (tertiary/aromatic N) is 1. The van der Waals surface area contributed by atoms with Crippen LogP contribution in [0.2, 0.25) is 0 Å². The zero-order valence-electron chi connectivity index (χ0n) is 11.1. The fourth-order valence-electron chi connectivity index (χ4n) is 1.75. The zero-order chi connectivity index (χ0) is 13.5. The molecule has 1 aromatic carbocycles. The van der Waals surface area contributed by atoms with Gasteiger partial charge >= 0.3 is 0 Å². The van der Waals surface area contributed by atoms with Gasteiger partial charge in [-0.05, 0) is 19.5 Å². The third kappa shape index (κ3) is 4.10. The standard InChI is InChI=1S/C13H21N3O2/c1-10-4-6-11(7-5-10)8-16(2)12(9-18-3)13(17)15-14/h4-7,12H,8-9,14H2,1-3H3,(H,15,17). The highest BCUT2D eigenvalue weighted by Crippen LogP contribution is 2.08. The number of amides is 1. The van der Waals surface area contributed by atoms with Crippen molar-refractivity contribution < 1.29 is 9.53 Å². The number of ether oxygens (including phenoxy) is 1. The normalized spacial score (nSPS) is 12.5. The third-order valence-electron chi connectivity index (χ3n) is 2.85. The third-order valence-corrected chi connectivity index (χ3v) is 2.85. The smallest absolute Gasteiger partial charge is 0.253 e. The average Bonchev–Trinajstić information content (AvgIpc) is 2.37. The molecule has 1 aromatic rings. The lowest BCUT2D eigenvalue weighted by Crippen LogP contribution is -2.49. The van der Waals surface area contributed by atoms with E-state index >= 15 is 0 Å². The number of hydrogen-bond donors (Lipinski definition) is 2. The Hall–Kier alpha value is -1.43. The first kappa shape index (κ1) is 14.6. The summed E-state index contributed by atoms with van der Waals surface area (Å²) in [6.45, 7) is 3.02. The first-order valence-corrected chi connectivity index (χ1v) is 5.83. The Morgan fingerprint density at radius 2 is 2.06 bits per heavy atom. The SMILES string of the molecule is COCC(C(=O)NN)N(C)Cc1ccc(C)cc1. The minimum atomic E-state index is -0.388. The van der Waals surface area contributed by atoms with Crippen LogP contribution in [0, 0.1) is 6.92 Å². The molecule has 1 amide bonds. The van der Waals surface area contributed by atoms with E-state index in [1.54, 1.807) is 7.11 Å². The van der Waals surface area contributed by atoms with Gasteiger partial charge < -0.3 is 4.74 Å². The van der Waals surface area contributed by atoms with Gasteiger partial charge in [-0.2, -0.15) is 0 Å². The highest BCUT2D eigenvalue weighted by Gasteiger charge is 2.22. The minimum Gasteiger partial charge on any atom is -0.383 e. The lowest BCUT2D eigenvalue weighted by atomic mass is 10.1. The molecule has 0 aliphatic carbocycles. The summed E-state index contributed by atoms with van der Waals surface area (Å²) in [5.41, 5.74) is 4.53. The number of likely N-dealkylation sites (N-methyl/N-ethyl adjacent to an activating group) is 1. The first-order valence-electron chi connectivity index (χ1n) is 5.83.